The van der Waals surface area contributed by atoms with Gasteiger partial charge in [0.05, 0.1) is 12.3 Å². The van der Waals surface area contributed by atoms with Crippen molar-refractivity contribution < 1.29 is 17.9 Å². The summed E-state index contributed by atoms with van der Waals surface area (Å²) in [5.41, 5.74) is 1.93. The van der Waals surface area contributed by atoms with Crippen LogP contribution in [-0.4, -0.2) is 31.6 Å². The normalized spacial score (nSPS) is 17.0. The van der Waals surface area contributed by atoms with Crippen LogP contribution < -0.4 is 4.31 Å². The van der Waals surface area contributed by atoms with Crippen molar-refractivity contribution in [2.24, 2.45) is 7.05 Å². The summed E-state index contributed by atoms with van der Waals surface area (Å²) in [5.74, 6) is -0.531. The Morgan fingerprint density at radius 1 is 1.33 bits per heavy atom. The summed E-state index contributed by atoms with van der Waals surface area (Å²) in [7, 11) is -2.12. The number of hydrogen-bond acceptors (Lipinski definition) is 4. The second-order valence-electron chi connectivity index (χ2n) is 5.88. The van der Waals surface area contributed by atoms with E-state index >= 15 is 0 Å². The van der Waals surface area contributed by atoms with E-state index < -0.39 is 16.0 Å². The fraction of sp³-hybridized carbons (Fsp3) is 0.353. The average molecular weight is 348 g/mol. The van der Waals surface area contributed by atoms with E-state index in [4.69, 9.17) is 4.74 Å². The molecule has 1 aliphatic rings. The largest absolute Gasteiger partial charge is 0.461 e. The van der Waals surface area contributed by atoms with Gasteiger partial charge in [-0.3, -0.25) is 4.31 Å². The van der Waals surface area contributed by atoms with Gasteiger partial charge in [0.25, 0.3) is 10.0 Å². The summed E-state index contributed by atoms with van der Waals surface area (Å²) in [5, 5.41) is 0. The molecule has 0 bridgehead atoms. The Morgan fingerprint density at radius 3 is 2.75 bits per heavy atom. The van der Waals surface area contributed by atoms with E-state index in [9.17, 15) is 13.2 Å². The van der Waals surface area contributed by atoms with E-state index in [2.05, 4.69) is 0 Å². The molecule has 2 heterocycles. The average Bonchev–Trinajstić information content (AvgIpc) is 3.07. The van der Waals surface area contributed by atoms with Crippen molar-refractivity contribution in [2.75, 3.05) is 10.9 Å². The van der Waals surface area contributed by atoms with Gasteiger partial charge >= 0.3 is 5.97 Å². The summed E-state index contributed by atoms with van der Waals surface area (Å²) in [6.07, 6.45) is 2.13. The van der Waals surface area contributed by atoms with Crippen LogP contribution in [0.2, 0.25) is 0 Å². The van der Waals surface area contributed by atoms with Crippen molar-refractivity contribution >= 4 is 21.7 Å². The number of rotatable bonds is 4. The van der Waals surface area contributed by atoms with Crippen molar-refractivity contribution in [3.63, 3.8) is 0 Å². The molecule has 6 nitrogen and oxygen atoms in total. The van der Waals surface area contributed by atoms with E-state index in [1.165, 1.54) is 21.1 Å². The number of esters is 1. The fourth-order valence-electron chi connectivity index (χ4n) is 3.10. The minimum absolute atomic E-state index is 0.0941. The van der Waals surface area contributed by atoms with Crippen LogP contribution in [-0.2, 0) is 28.2 Å². The van der Waals surface area contributed by atoms with Crippen LogP contribution in [0.5, 0.6) is 0 Å². The fourth-order valence-corrected chi connectivity index (χ4v) is 4.86. The van der Waals surface area contributed by atoms with Crippen LogP contribution in [0, 0.1) is 0 Å². The van der Waals surface area contributed by atoms with Crippen LogP contribution in [0.25, 0.3) is 0 Å². The predicted octanol–water partition coefficient (Wildman–Crippen LogP) is 2.34. The number of aryl methyl sites for hydroxylation is 1. The lowest BCUT2D eigenvalue weighted by Crippen LogP contribution is -2.35. The lowest BCUT2D eigenvalue weighted by molar-refractivity contribution is 0.0515. The highest BCUT2D eigenvalue weighted by Crippen LogP contribution is 2.36. The molecule has 3 rings (SSSR count). The van der Waals surface area contributed by atoms with Gasteiger partial charge in [-0.05, 0) is 38.0 Å². The molecule has 2 aromatic rings. The molecule has 24 heavy (non-hydrogen) atoms. The minimum Gasteiger partial charge on any atom is -0.461 e. The van der Waals surface area contributed by atoms with Gasteiger partial charge in [0.1, 0.15) is 10.6 Å². The summed E-state index contributed by atoms with van der Waals surface area (Å²) >= 11 is 0. The van der Waals surface area contributed by atoms with Crippen molar-refractivity contribution in [1.29, 1.82) is 0 Å². The number of benzene rings is 1. The Labute approximate surface area is 141 Å². The molecule has 0 fully saturated rings. The monoisotopic (exact) mass is 348 g/mol. The molecule has 0 saturated heterocycles. The maximum Gasteiger partial charge on any atom is 0.354 e. The molecule has 1 atom stereocenters. The molecule has 128 valence electrons. The predicted molar refractivity (Wildman–Crippen MR) is 90.6 cm³/mol. The first-order valence-corrected chi connectivity index (χ1v) is 9.26. The SMILES string of the molecule is CCOC(=O)c1cc(S(=O)(=O)N2c3ccccc3CC2C)cn1C. The van der Waals surface area contributed by atoms with Crippen LogP contribution in [0.15, 0.2) is 41.4 Å². The van der Waals surface area contributed by atoms with Gasteiger partial charge in [0.15, 0.2) is 0 Å². The van der Waals surface area contributed by atoms with Gasteiger partial charge in [-0.2, -0.15) is 0 Å². The molecule has 0 radical (unpaired) electrons. The van der Waals surface area contributed by atoms with E-state index in [1.54, 1.807) is 14.0 Å². The number of fused-ring (bicyclic) bond motifs is 1. The first-order chi connectivity index (χ1) is 11.4. The highest BCUT2D eigenvalue weighted by molar-refractivity contribution is 7.92. The van der Waals surface area contributed by atoms with Crippen molar-refractivity contribution in [1.82, 2.24) is 4.57 Å². The van der Waals surface area contributed by atoms with Gasteiger partial charge in [-0.15, -0.1) is 0 Å². The second-order valence-corrected chi connectivity index (χ2v) is 7.69. The topological polar surface area (TPSA) is 68.6 Å². The highest BCUT2D eigenvalue weighted by Gasteiger charge is 2.37. The zero-order chi connectivity index (χ0) is 17.5. The van der Waals surface area contributed by atoms with Crippen LogP contribution >= 0.6 is 0 Å². The van der Waals surface area contributed by atoms with Gasteiger partial charge < -0.3 is 9.30 Å². The number of ether oxygens (including phenoxy) is 1. The zero-order valence-corrected chi connectivity index (χ0v) is 14.7. The molecule has 7 heteroatoms. The number of carbonyl (C=O) groups is 1. The van der Waals surface area contributed by atoms with E-state index in [0.717, 1.165) is 5.56 Å². The summed E-state index contributed by atoms with van der Waals surface area (Å²) in [6, 6.07) is 8.69. The van der Waals surface area contributed by atoms with Gasteiger partial charge in [0, 0.05) is 19.3 Å². The molecular formula is C17H20N2O4S. The molecule has 0 spiro atoms. The quantitative estimate of drug-likeness (QED) is 0.796. The smallest absolute Gasteiger partial charge is 0.354 e. The van der Waals surface area contributed by atoms with Gasteiger partial charge in [-0.25, -0.2) is 13.2 Å². The summed E-state index contributed by atoms with van der Waals surface area (Å²) in [4.78, 5) is 12.0. The Morgan fingerprint density at radius 2 is 2.04 bits per heavy atom. The maximum atomic E-state index is 13.1. The highest BCUT2D eigenvalue weighted by atomic mass is 32.2. The van der Waals surface area contributed by atoms with Gasteiger partial charge in [0.2, 0.25) is 0 Å². The van der Waals surface area contributed by atoms with Crippen molar-refractivity contribution in [2.45, 2.75) is 31.2 Å². The molecule has 1 aliphatic heterocycles. The third-order valence-corrected chi connectivity index (χ3v) is 6.06. The Balaban J connectivity index is 2.03. The number of sulfonamides is 1. The molecule has 0 saturated carbocycles. The van der Waals surface area contributed by atoms with Crippen molar-refractivity contribution in [3.8, 4) is 0 Å². The maximum absolute atomic E-state index is 13.1. The number of aromatic nitrogens is 1. The van der Waals surface area contributed by atoms with E-state index in [0.29, 0.717) is 12.1 Å². The zero-order valence-electron chi connectivity index (χ0n) is 13.9. The molecule has 0 N–H and O–H groups in total. The summed E-state index contributed by atoms with van der Waals surface area (Å²) < 4.78 is 34.1. The molecule has 1 unspecified atom stereocenters. The molecule has 1 aromatic carbocycles. The number of anilines is 1. The number of para-hydroxylation sites is 1. The standard InChI is InChI=1S/C17H20N2O4S/c1-4-23-17(20)16-10-14(11-18(16)3)24(21,22)19-12(2)9-13-7-5-6-8-15(13)19/h5-8,10-12H,4,9H2,1-3H3. The lowest BCUT2D eigenvalue weighted by atomic mass is 10.1. The van der Waals surface area contributed by atoms with Gasteiger partial charge in [-0.1, -0.05) is 18.2 Å². The summed E-state index contributed by atoms with van der Waals surface area (Å²) in [6.45, 7) is 3.83. The molecule has 1 aromatic heterocycles. The first kappa shape index (κ1) is 16.6. The molecule has 0 amide bonds. The third-order valence-electron chi connectivity index (χ3n) is 4.17. The van der Waals surface area contributed by atoms with E-state index in [-0.39, 0.29) is 23.2 Å². The molecular weight excluding hydrogens is 328 g/mol. The second kappa shape index (κ2) is 5.98. The molecule has 0 aliphatic carbocycles. The van der Waals surface area contributed by atoms with Crippen LogP contribution in [0.3, 0.4) is 0 Å². The first-order valence-electron chi connectivity index (χ1n) is 7.82. The number of hydrogen-bond donors (Lipinski definition) is 0. The van der Waals surface area contributed by atoms with Crippen LogP contribution in [0.4, 0.5) is 5.69 Å². The number of carbonyl (C=O) groups excluding carboxylic acids is 1. The Bertz CT molecular complexity index is 886. The number of nitrogens with zero attached hydrogens (tertiary/aromatic N) is 2. The van der Waals surface area contributed by atoms with Crippen molar-refractivity contribution in [3.05, 3.63) is 47.8 Å². The Kier molecular flexibility index (Phi) is 4.13. The lowest BCUT2D eigenvalue weighted by Gasteiger charge is -2.23. The minimum atomic E-state index is -3.75. The van der Waals surface area contributed by atoms with Crippen LogP contribution in [0.1, 0.15) is 29.9 Å². The third kappa shape index (κ3) is 2.58. The van der Waals surface area contributed by atoms with E-state index in [1.807, 2.05) is 31.2 Å². The Hall–Kier alpha value is -2.28.